The van der Waals surface area contributed by atoms with Gasteiger partial charge >= 0.3 is 18.2 Å². The number of carbonyl (C=O) groups is 6. The number of amides is 4. The zero-order chi connectivity index (χ0) is 42.6. The van der Waals surface area contributed by atoms with Gasteiger partial charge in [0.2, 0.25) is 17.7 Å². The average Bonchev–Trinajstić information content (AvgIpc) is 3.53. The molecule has 0 radical (unpaired) electrons. The third-order valence-corrected chi connectivity index (χ3v) is 9.42. The number of nitro benzene ring substituents is 1. The number of carboxylic acids is 1. The van der Waals surface area contributed by atoms with Gasteiger partial charge in [-0.15, -0.1) is 0 Å². The van der Waals surface area contributed by atoms with Gasteiger partial charge in [0.1, 0.15) is 37.1 Å². The second-order valence-corrected chi connectivity index (χ2v) is 14.0. The lowest BCUT2D eigenvalue weighted by Gasteiger charge is -2.26. The Balaban J connectivity index is 1.11. The molecule has 0 heterocycles. The number of nitrogens with zero attached hydrogens (tertiary/aromatic N) is 1. The van der Waals surface area contributed by atoms with E-state index in [-0.39, 0.29) is 37.0 Å². The molecule has 17 nitrogen and oxygen atoms in total. The number of rotatable bonds is 17. The summed E-state index contributed by atoms with van der Waals surface area (Å²) in [4.78, 5) is 86.6. The molecule has 0 aromatic heterocycles. The molecule has 4 amide bonds. The van der Waals surface area contributed by atoms with Crippen LogP contribution in [0, 0.1) is 16.0 Å². The van der Waals surface area contributed by atoms with Crippen LogP contribution in [0.25, 0.3) is 11.1 Å². The molecule has 1 aliphatic rings. The smallest absolute Gasteiger partial charge is 0.481 e. The van der Waals surface area contributed by atoms with Crippen LogP contribution in [-0.4, -0.2) is 70.7 Å². The molecule has 4 aromatic rings. The number of non-ortho nitro benzene ring substituents is 1. The number of hydrogen-bond acceptors (Lipinski definition) is 11. The maximum atomic E-state index is 13.5. The van der Waals surface area contributed by atoms with E-state index < -0.39 is 71.3 Å². The number of carboxylic acid groups (broad SMARTS) is 1. The van der Waals surface area contributed by atoms with Gasteiger partial charge in [-0.05, 0) is 71.3 Å². The number of fused-ring (bicyclic) bond motifs is 3. The van der Waals surface area contributed by atoms with Crippen molar-refractivity contribution in [3.05, 3.63) is 124 Å². The molecule has 0 bridgehead atoms. The molecule has 0 spiro atoms. The third-order valence-electron chi connectivity index (χ3n) is 9.42. The molecule has 0 aliphatic heterocycles. The third kappa shape index (κ3) is 11.6. The number of ether oxygens (including phenoxy) is 3. The Morgan fingerprint density at radius 3 is 1.93 bits per heavy atom. The first-order chi connectivity index (χ1) is 28.2. The number of alkyl carbamates (subject to hydrolysis) is 1. The number of hydrogen-bond donors (Lipinski definition) is 5. The molecule has 0 saturated carbocycles. The van der Waals surface area contributed by atoms with Crippen LogP contribution in [0.4, 0.5) is 21.0 Å². The van der Waals surface area contributed by atoms with E-state index in [1.807, 2.05) is 48.5 Å². The minimum absolute atomic E-state index is 0.0348. The summed E-state index contributed by atoms with van der Waals surface area (Å²) < 4.78 is 15.7. The van der Waals surface area contributed by atoms with Crippen LogP contribution < -0.4 is 26.0 Å². The van der Waals surface area contributed by atoms with Crippen molar-refractivity contribution in [1.82, 2.24) is 16.0 Å². The zero-order valence-corrected chi connectivity index (χ0v) is 32.3. The van der Waals surface area contributed by atoms with E-state index in [4.69, 9.17) is 14.2 Å². The Morgan fingerprint density at radius 1 is 0.746 bits per heavy atom. The van der Waals surface area contributed by atoms with Gasteiger partial charge < -0.3 is 40.6 Å². The molecule has 0 saturated heterocycles. The first-order valence-electron chi connectivity index (χ1n) is 18.6. The predicted octanol–water partition coefficient (Wildman–Crippen LogP) is 5.67. The van der Waals surface area contributed by atoms with Crippen LogP contribution in [0.1, 0.15) is 56.2 Å². The van der Waals surface area contributed by atoms with E-state index in [0.717, 1.165) is 22.3 Å². The molecule has 1 aliphatic carbocycles. The topological polar surface area (TPSA) is 242 Å². The van der Waals surface area contributed by atoms with Crippen molar-refractivity contribution in [2.75, 3.05) is 11.9 Å². The van der Waals surface area contributed by atoms with E-state index in [9.17, 15) is 44.0 Å². The molecule has 5 rings (SSSR count). The zero-order valence-electron chi connectivity index (χ0n) is 32.3. The minimum Gasteiger partial charge on any atom is -0.481 e. The highest BCUT2D eigenvalue weighted by Gasteiger charge is 2.32. The van der Waals surface area contributed by atoms with Gasteiger partial charge in [0.25, 0.3) is 5.69 Å². The normalized spacial score (nSPS) is 13.1. The number of nitro groups is 1. The average molecular weight is 810 g/mol. The van der Waals surface area contributed by atoms with Crippen LogP contribution in [0.2, 0.25) is 0 Å². The molecule has 3 atom stereocenters. The van der Waals surface area contributed by atoms with Gasteiger partial charge in [-0.3, -0.25) is 29.3 Å². The van der Waals surface area contributed by atoms with Gasteiger partial charge in [-0.2, -0.15) is 0 Å². The highest BCUT2D eigenvalue weighted by molar-refractivity contribution is 5.98. The second-order valence-electron chi connectivity index (χ2n) is 14.0. The molecule has 3 unspecified atom stereocenters. The fraction of sp³-hybridized carbons (Fsp3) is 0.286. The van der Waals surface area contributed by atoms with Crippen LogP contribution in [0.3, 0.4) is 0 Å². The fourth-order valence-corrected chi connectivity index (χ4v) is 6.32. The standard InChI is InChI=1S/C42H43N5O12/c1-24(2)37(40(52)43-25(3)38(50)44-27-14-12-26(13-15-27)22-58-42(54)59-29-18-16-28(17-19-29)47(55)56)46-39(51)35(20-21-36(48)49)45-41(53)57-23-34-32-10-6-4-8-30(32)31-9-5-7-11-33(31)34/h4-19,24-25,34-35,37H,20-23H2,1-3H3,(H,43,52)(H,44,50)(H,45,53)(H,46,51)(H,48,49). The van der Waals surface area contributed by atoms with Crippen molar-refractivity contribution < 1.29 is 53.0 Å². The van der Waals surface area contributed by atoms with Gasteiger partial charge in [0.05, 0.1) is 4.92 Å². The molecular formula is C42H43N5O12. The summed E-state index contributed by atoms with van der Waals surface area (Å²) in [6.07, 6.45) is -2.70. The van der Waals surface area contributed by atoms with E-state index in [2.05, 4.69) is 21.3 Å². The Hall–Kier alpha value is -7.30. The molecule has 0 fully saturated rings. The molecule has 5 N–H and O–H groups in total. The molecule has 308 valence electrons. The molecular weight excluding hydrogens is 766 g/mol. The van der Waals surface area contributed by atoms with Crippen molar-refractivity contribution in [2.24, 2.45) is 5.92 Å². The number of carbonyl (C=O) groups excluding carboxylic acids is 5. The van der Waals surface area contributed by atoms with Gasteiger partial charge in [-0.1, -0.05) is 74.5 Å². The number of benzene rings is 4. The van der Waals surface area contributed by atoms with E-state index in [0.29, 0.717) is 11.3 Å². The quantitative estimate of drug-likeness (QED) is 0.0375. The van der Waals surface area contributed by atoms with Gasteiger partial charge in [-0.25, -0.2) is 9.59 Å². The fourth-order valence-electron chi connectivity index (χ4n) is 6.32. The first-order valence-corrected chi connectivity index (χ1v) is 18.6. The number of anilines is 1. The number of nitrogens with one attached hydrogen (secondary N) is 4. The lowest BCUT2D eigenvalue weighted by atomic mass is 9.98. The SMILES string of the molecule is CC(NC(=O)C(NC(=O)C(CCC(=O)O)NC(=O)OCC1c2ccccc2-c2ccccc21)C(C)C)C(=O)Nc1ccc(COC(=O)Oc2ccc([N+](=O)[O-])cc2)cc1. The van der Waals surface area contributed by atoms with Crippen LogP contribution in [0.5, 0.6) is 5.75 Å². The summed E-state index contributed by atoms with van der Waals surface area (Å²) >= 11 is 0. The predicted molar refractivity (Wildman–Crippen MR) is 212 cm³/mol. The van der Waals surface area contributed by atoms with Crippen LogP contribution >= 0.6 is 0 Å². The second kappa shape index (κ2) is 19.7. The van der Waals surface area contributed by atoms with E-state index in [1.54, 1.807) is 38.1 Å². The molecule has 17 heteroatoms. The van der Waals surface area contributed by atoms with E-state index in [1.165, 1.54) is 31.2 Å². The summed E-state index contributed by atoms with van der Waals surface area (Å²) in [5.74, 6) is -3.95. The highest BCUT2D eigenvalue weighted by atomic mass is 16.7. The highest BCUT2D eigenvalue weighted by Crippen LogP contribution is 2.44. The van der Waals surface area contributed by atoms with Crippen LogP contribution in [0.15, 0.2) is 97.1 Å². The number of aliphatic carboxylic acids is 1. The maximum absolute atomic E-state index is 13.5. The van der Waals surface area contributed by atoms with E-state index >= 15 is 0 Å². The minimum atomic E-state index is -1.36. The van der Waals surface area contributed by atoms with Gasteiger partial charge in [0, 0.05) is 30.2 Å². The van der Waals surface area contributed by atoms with Crippen molar-refractivity contribution in [3.63, 3.8) is 0 Å². The lowest BCUT2D eigenvalue weighted by molar-refractivity contribution is -0.384. The largest absolute Gasteiger partial charge is 0.514 e. The summed E-state index contributed by atoms with van der Waals surface area (Å²) in [7, 11) is 0. The van der Waals surface area contributed by atoms with Gasteiger partial charge in [0.15, 0.2) is 0 Å². The molecule has 59 heavy (non-hydrogen) atoms. The summed E-state index contributed by atoms with van der Waals surface area (Å²) in [6, 6.07) is 23.1. The maximum Gasteiger partial charge on any atom is 0.514 e. The first kappa shape index (κ1) is 42.8. The Morgan fingerprint density at radius 2 is 1.36 bits per heavy atom. The van der Waals surface area contributed by atoms with Crippen LogP contribution in [-0.2, 0) is 35.3 Å². The lowest BCUT2D eigenvalue weighted by Crippen LogP contribution is -2.57. The monoisotopic (exact) mass is 809 g/mol. The summed E-state index contributed by atoms with van der Waals surface area (Å²) in [6.45, 7) is 4.57. The Bertz CT molecular complexity index is 2150. The van der Waals surface area contributed by atoms with Crippen molar-refractivity contribution in [3.8, 4) is 16.9 Å². The van der Waals surface area contributed by atoms with Crippen molar-refractivity contribution >= 4 is 47.3 Å². The Kier molecular flexibility index (Phi) is 14.3. The summed E-state index contributed by atoms with van der Waals surface area (Å²) in [5, 5.41) is 30.4. The van der Waals surface area contributed by atoms with Crippen molar-refractivity contribution in [1.29, 1.82) is 0 Å². The summed E-state index contributed by atoms with van der Waals surface area (Å²) in [5.41, 5.74) is 4.79. The molecule has 4 aromatic carbocycles. The Labute approximate surface area is 338 Å². The van der Waals surface area contributed by atoms with Crippen molar-refractivity contribution in [2.45, 2.75) is 64.3 Å².